The van der Waals surface area contributed by atoms with E-state index in [-0.39, 0.29) is 0 Å². The van der Waals surface area contributed by atoms with Crippen molar-refractivity contribution in [1.29, 1.82) is 0 Å². The maximum absolute atomic E-state index is 7.04. The van der Waals surface area contributed by atoms with Crippen molar-refractivity contribution >= 4 is 43.7 Å². The number of rotatable bonds is 5. The minimum atomic E-state index is 0.842. The van der Waals surface area contributed by atoms with Gasteiger partial charge in [0.25, 0.3) is 0 Å². The maximum atomic E-state index is 7.04. The van der Waals surface area contributed by atoms with Crippen LogP contribution in [0.25, 0.3) is 94.2 Å². The molecular weight excluding hydrogens is 609 g/mol. The summed E-state index contributed by atoms with van der Waals surface area (Å²) in [4.78, 5) is 5.24. The van der Waals surface area contributed by atoms with Gasteiger partial charge in [0.1, 0.15) is 11.2 Å². The topological polar surface area (TPSA) is 31.0 Å². The second kappa shape index (κ2) is 11.5. The third-order valence-electron chi connectivity index (χ3n) is 9.79. The van der Waals surface area contributed by atoms with E-state index < -0.39 is 0 Å². The summed E-state index contributed by atoms with van der Waals surface area (Å²) in [6.07, 6.45) is 0. The first-order chi connectivity index (χ1) is 24.8. The molecule has 3 heterocycles. The van der Waals surface area contributed by atoms with E-state index in [0.717, 1.165) is 83.1 Å². The molecular formula is C47H30N2O. The van der Waals surface area contributed by atoms with Gasteiger partial charge in [-0.2, -0.15) is 0 Å². The van der Waals surface area contributed by atoms with Crippen molar-refractivity contribution in [2.24, 2.45) is 0 Å². The highest BCUT2D eigenvalue weighted by Gasteiger charge is 2.21. The van der Waals surface area contributed by atoms with Crippen LogP contribution in [0.4, 0.5) is 0 Å². The molecule has 0 fully saturated rings. The van der Waals surface area contributed by atoms with E-state index in [1.54, 1.807) is 0 Å². The minimum Gasteiger partial charge on any atom is -0.455 e. The van der Waals surface area contributed by atoms with Crippen LogP contribution in [0.5, 0.6) is 0 Å². The van der Waals surface area contributed by atoms with Crippen LogP contribution in [-0.2, 0) is 0 Å². The van der Waals surface area contributed by atoms with Crippen molar-refractivity contribution in [3.63, 3.8) is 0 Å². The van der Waals surface area contributed by atoms with Gasteiger partial charge in [-0.05, 0) is 70.8 Å². The summed E-state index contributed by atoms with van der Waals surface area (Å²) in [5.41, 5.74) is 13.6. The van der Waals surface area contributed by atoms with Gasteiger partial charge in [0.05, 0.1) is 27.8 Å². The van der Waals surface area contributed by atoms with Crippen molar-refractivity contribution < 1.29 is 4.42 Å². The van der Waals surface area contributed by atoms with Crippen LogP contribution >= 0.6 is 0 Å². The van der Waals surface area contributed by atoms with E-state index in [4.69, 9.17) is 9.40 Å². The predicted molar refractivity (Wildman–Crippen MR) is 208 cm³/mol. The zero-order chi connectivity index (χ0) is 33.0. The lowest BCUT2D eigenvalue weighted by Gasteiger charge is -2.10. The lowest BCUT2D eigenvalue weighted by Crippen LogP contribution is -1.94. The molecule has 0 amide bonds. The van der Waals surface area contributed by atoms with Crippen LogP contribution in [0.1, 0.15) is 0 Å². The first kappa shape index (κ1) is 28.3. The van der Waals surface area contributed by atoms with Crippen LogP contribution in [0.15, 0.2) is 186 Å². The quantitative estimate of drug-likeness (QED) is 0.188. The van der Waals surface area contributed by atoms with Gasteiger partial charge in [0.15, 0.2) is 0 Å². The molecule has 10 aromatic rings. The fourth-order valence-electron chi connectivity index (χ4n) is 7.47. The highest BCUT2D eigenvalue weighted by molar-refractivity contribution is 6.24. The Hall–Kier alpha value is -6.71. The van der Waals surface area contributed by atoms with Crippen molar-refractivity contribution in [3.05, 3.63) is 182 Å². The highest BCUT2D eigenvalue weighted by atomic mass is 16.3. The highest BCUT2D eigenvalue weighted by Crippen LogP contribution is 2.43. The van der Waals surface area contributed by atoms with E-state index in [9.17, 15) is 0 Å². The monoisotopic (exact) mass is 638 g/mol. The molecule has 0 saturated carbocycles. The fraction of sp³-hybridized carbons (Fsp3) is 0. The molecule has 0 unspecified atom stereocenters. The summed E-state index contributed by atoms with van der Waals surface area (Å²) in [6.45, 7) is 0. The maximum Gasteiger partial charge on any atom is 0.145 e. The number of fused-ring (bicyclic) bond motifs is 7. The van der Waals surface area contributed by atoms with E-state index in [2.05, 4.69) is 180 Å². The molecule has 0 saturated heterocycles. The molecule has 10 rings (SSSR count). The number of nitrogens with zero attached hydrogens (tertiary/aromatic N) is 2. The third kappa shape index (κ3) is 4.56. The Morgan fingerprint density at radius 3 is 1.76 bits per heavy atom. The second-order valence-electron chi connectivity index (χ2n) is 12.7. The third-order valence-corrected chi connectivity index (χ3v) is 9.79. The Kier molecular flexibility index (Phi) is 6.49. The SMILES string of the molecule is c1ccc(-c2cccc(-n3c4ccccc4c4c5oc6c(-c7cc(-c8ccccc8)cc(-c8ccccc8)n7)cccc6c5ccc43)c2)cc1. The number of hydrogen-bond acceptors (Lipinski definition) is 2. The number of para-hydroxylation sites is 2. The van der Waals surface area contributed by atoms with Crippen LogP contribution in [0.2, 0.25) is 0 Å². The van der Waals surface area contributed by atoms with Crippen LogP contribution in [0.3, 0.4) is 0 Å². The molecule has 3 nitrogen and oxygen atoms in total. The summed E-state index contributed by atoms with van der Waals surface area (Å²) in [5.74, 6) is 0. The fourth-order valence-corrected chi connectivity index (χ4v) is 7.47. The molecule has 3 heteroatoms. The summed E-state index contributed by atoms with van der Waals surface area (Å²) in [7, 11) is 0. The molecule has 0 N–H and O–H groups in total. The van der Waals surface area contributed by atoms with Gasteiger partial charge in [0.2, 0.25) is 0 Å². The Bertz CT molecular complexity index is 2790. The number of aromatic nitrogens is 2. The Morgan fingerprint density at radius 2 is 0.980 bits per heavy atom. The lowest BCUT2D eigenvalue weighted by molar-refractivity contribution is 0.674. The normalized spacial score (nSPS) is 11.6. The number of benzene rings is 7. The lowest BCUT2D eigenvalue weighted by atomic mass is 9.99. The summed E-state index contributed by atoms with van der Waals surface area (Å²) >= 11 is 0. The molecule has 0 aliphatic carbocycles. The van der Waals surface area contributed by atoms with E-state index in [0.29, 0.717) is 0 Å². The van der Waals surface area contributed by atoms with Crippen molar-refractivity contribution in [3.8, 4) is 50.5 Å². The smallest absolute Gasteiger partial charge is 0.145 e. The Balaban J connectivity index is 1.22. The first-order valence-corrected chi connectivity index (χ1v) is 17.0. The second-order valence-corrected chi connectivity index (χ2v) is 12.7. The van der Waals surface area contributed by atoms with E-state index >= 15 is 0 Å². The summed E-state index contributed by atoms with van der Waals surface area (Å²) in [5, 5.41) is 4.45. The Morgan fingerprint density at radius 1 is 0.380 bits per heavy atom. The average molecular weight is 639 g/mol. The molecule has 234 valence electrons. The largest absolute Gasteiger partial charge is 0.455 e. The van der Waals surface area contributed by atoms with Gasteiger partial charge in [-0.25, -0.2) is 4.98 Å². The summed E-state index contributed by atoms with van der Waals surface area (Å²) in [6, 6.07) is 64.1. The number of hydrogen-bond donors (Lipinski definition) is 0. The van der Waals surface area contributed by atoms with Gasteiger partial charge in [-0.1, -0.05) is 133 Å². The molecule has 0 bridgehead atoms. The molecule has 0 spiro atoms. The Labute approximate surface area is 289 Å². The predicted octanol–water partition coefficient (Wildman–Crippen LogP) is 12.7. The van der Waals surface area contributed by atoms with Crippen molar-refractivity contribution in [2.75, 3.05) is 0 Å². The van der Waals surface area contributed by atoms with Crippen molar-refractivity contribution in [2.45, 2.75) is 0 Å². The minimum absolute atomic E-state index is 0.842. The zero-order valence-corrected chi connectivity index (χ0v) is 27.1. The summed E-state index contributed by atoms with van der Waals surface area (Å²) < 4.78 is 9.40. The number of furan rings is 1. The average Bonchev–Trinajstić information content (AvgIpc) is 3.75. The van der Waals surface area contributed by atoms with Crippen LogP contribution < -0.4 is 0 Å². The van der Waals surface area contributed by atoms with Gasteiger partial charge < -0.3 is 8.98 Å². The molecule has 50 heavy (non-hydrogen) atoms. The number of pyridine rings is 1. The molecule has 0 radical (unpaired) electrons. The zero-order valence-electron chi connectivity index (χ0n) is 27.1. The van der Waals surface area contributed by atoms with Gasteiger partial charge >= 0.3 is 0 Å². The first-order valence-electron chi connectivity index (χ1n) is 17.0. The van der Waals surface area contributed by atoms with E-state index in [1.807, 2.05) is 6.07 Å². The van der Waals surface area contributed by atoms with E-state index in [1.165, 1.54) is 11.1 Å². The molecule has 0 aliphatic rings. The molecule has 0 atom stereocenters. The standard InChI is InChI=1S/C47H30N2O/c1-4-14-31(15-5-1)34-20-12-21-36(28-34)49-43-25-11-10-22-40(43)45-44(49)27-26-38-37-23-13-24-39(46(37)50-47(38)45)42-30-35(32-16-6-2-7-17-32)29-41(48-42)33-18-8-3-9-19-33/h1-30H. The molecule has 0 aliphatic heterocycles. The van der Waals surface area contributed by atoms with Crippen LogP contribution in [-0.4, -0.2) is 9.55 Å². The van der Waals surface area contributed by atoms with Crippen molar-refractivity contribution in [1.82, 2.24) is 9.55 Å². The molecule has 3 aromatic heterocycles. The molecule has 7 aromatic carbocycles. The van der Waals surface area contributed by atoms with Gasteiger partial charge in [-0.15, -0.1) is 0 Å². The van der Waals surface area contributed by atoms with Gasteiger partial charge in [0, 0.05) is 33.0 Å². The van der Waals surface area contributed by atoms with Crippen LogP contribution in [0, 0.1) is 0 Å². The van der Waals surface area contributed by atoms with Gasteiger partial charge in [-0.3, -0.25) is 0 Å².